The molecule has 0 radical (unpaired) electrons. The number of carboxylic acids is 1. The third kappa shape index (κ3) is 6.95. The van der Waals surface area contributed by atoms with E-state index in [2.05, 4.69) is 10.6 Å². The topological polar surface area (TPSA) is 114 Å². The van der Waals surface area contributed by atoms with Gasteiger partial charge in [0.05, 0.1) is 17.2 Å². The van der Waals surface area contributed by atoms with Gasteiger partial charge in [0.2, 0.25) is 11.8 Å². The molecule has 1 saturated heterocycles. The van der Waals surface area contributed by atoms with E-state index in [1.807, 2.05) is 77.1 Å². The summed E-state index contributed by atoms with van der Waals surface area (Å²) in [7, 11) is -0.505. The van der Waals surface area contributed by atoms with Gasteiger partial charge in [-0.3, -0.25) is 9.59 Å². The van der Waals surface area contributed by atoms with Crippen LogP contribution in [0.3, 0.4) is 0 Å². The molecule has 2 aromatic rings. The highest BCUT2D eigenvalue weighted by Crippen LogP contribution is 2.36. The number of aliphatic carboxylic acids is 1. The minimum atomic E-state index is -1.14. The number of rotatable bonds is 10. The molecule has 36 heavy (non-hydrogen) atoms. The molecule has 1 aliphatic heterocycles. The molecule has 192 valence electrons. The van der Waals surface area contributed by atoms with Gasteiger partial charge in [0.15, 0.2) is 0 Å². The van der Waals surface area contributed by atoms with Crippen LogP contribution in [0.15, 0.2) is 54.6 Å². The van der Waals surface area contributed by atoms with Crippen LogP contribution in [0.2, 0.25) is 0 Å². The average Bonchev–Trinajstić information content (AvgIpc) is 3.05. The van der Waals surface area contributed by atoms with Gasteiger partial charge in [0.25, 0.3) is 0 Å². The Bertz CT molecular complexity index is 1060. The number of benzene rings is 2. The van der Waals surface area contributed by atoms with Gasteiger partial charge in [0.1, 0.15) is 6.04 Å². The Kier molecular flexibility index (Phi) is 8.58. The molecule has 2 amide bonds. The molecule has 2 aromatic carbocycles. The lowest BCUT2D eigenvalue weighted by Crippen LogP contribution is -2.42. The van der Waals surface area contributed by atoms with E-state index in [0.29, 0.717) is 0 Å². The number of hydrogen-bond donors (Lipinski definition) is 3. The van der Waals surface area contributed by atoms with E-state index in [-0.39, 0.29) is 31.2 Å². The van der Waals surface area contributed by atoms with Crippen molar-refractivity contribution in [1.29, 1.82) is 0 Å². The molecule has 0 unspecified atom stereocenters. The number of hydrogen-bond acceptors (Lipinski definition) is 5. The Hall–Kier alpha value is -3.17. The number of amides is 2. The average molecular weight is 494 g/mol. The normalized spacial score (nSPS) is 17.8. The first-order valence-electron chi connectivity index (χ1n) is 12.2. The molecule has 0 aliphatic carbocycles. The monoisotopic (exact) mass is 494 g/mol. The van der Waals surface area contributed by atoms with Crippen LogP contribution < -0.4 is 16.1 Å². The molecule has 2 atom stereocenters. The van der Waals surface area contributed by atoms with Crippen LogP contribution in [-0.2, 0) is 30.1 Å². The van der Waals surface area contributed by atoms with E-state index >= 15 is 0 Å². The Labute approximate surface area is 212 Å². The van der Waals surface area contributed by atoms with Gasteiger partial charge in [0, 0.05) is 19.3 Å². The minimum Gasteiger partial charge on any atom is -0.480 e. The zero-order valence-corrected chi connectivity index (χ0v) is 21.5. The fraction of sp³-hybridized carbons (Fsp3) is 0.444. The summed E-state index contributed by atoms with van der Waals surface area (Å²) >= 11 is 0. The fourth-order valence-corrected chi connectivity index (χ4v) is 3.86. The van der Waals surface area contributed by atoms with Crippen molar-refractivity contribution in [1.82, 2.24) is 10.6 Å². The Morgan fingerprint density at radius 2 is 1.39 bits per heavy atom. The van der Waals surface area contributed by atoms with Crippen LogP contribution in [-0.4, -0.2) is 47.3 Å². The van der Waals surface area contributed by atoms with Crippen molar-refractivity contribution < 1.29 is 28.8 Å². The van der Waals surface area contributed by atoms with Gasteiger partial charge < -0.3 is 25.0 Å². The number of carbonyl (C=O) groups is 3. The SMILES string of the molecule is C[C@@H](NC(=O)CCC(=O)N[C@@H](Cc1ccc(B2OC(C)(C)C(C)(C)O2)cc1)C(=O)O)c1ccccc1. The molecule has 3 rings (SSSR count). The highest BCUT2D eigenvalue weighted by Gasteiger charge is 2.51. The smallest absolute Gasteiger partial charge is 0.480 e. The molecule has 0 aromatic heterocycles. The largest absolute Gasteiger partial charge is 0.494 e. The first-order valence-corrected chi connectivity index (χ1v) is 12.2. The van der Waals surface area contributed by atoms with Crippen molar-refractivity contribution in [3.8, 4) is 0 Å². The van der Waals surface area contributed by atoms with E-state index < -0.39 is 36.2 Å². The second-order valence-electron chi connectivity index (χ2n) is 10.2. The van der Waals surface area contributed by atoms with E-state index in [9.17, 15) is 19.5 Å². The van der Waals surface area contributed by atoms with E-state index in [1.54, 1.807) is 12.1 Å². The van der Waals surface area contributed by atoms with Crippen molar-refractivity contribution in [3.05, 3.63) is 65.7 Å². The molecule has 0 saturated carbocycles. The van der Waals surface area contributed by atoms with E-state index in [1.165, 1.54) is 0 Å². The third-order valence-electron chi connectivity index (χ3n) is 6.83. The quantitative estimate of drug-likeness (QED) is 0.438. The molecule has 9 heteroatoms. The van der Waals surface area contributed by atoms with Gasteiger partial charge >= 0.3 is 13.1 Å². The maximum atomic E-state index is 12.4. The van der Waals surface area contributed by atoms with Crippen molar-refractivity contribution in [3.63, 3.8) is 0 Å². The van der Waals surface area contributed by atoms with Crippen molar-refractivity contribution >= 4 is 30.4 Å². The summed E-state index contributed by atoms with van der Waals surface area (Å²) < 4.78 is 12.1. The molecule has 1 fully saturated rings. The summed E-state index contributed by atoms with van der Waals surface area (Å²) in [6.07, 6.45) is -0.0158. The highest BCUT2D eigenvalue weighted by atomic mass is 16.7. The van der Waals surface area contributed by atoms with Crippen LogP contribution >= 0.6 is 0 Å². The number of carboxylic acid groups (broad SMARTS) is 1. The Balaban J connectivity index is 1.50. The molecule has 0 spiro atoms. The summed E-state index contributed by atoms with van der Waals surface area (Å²) in [5.74, 6) is -1.90. The molecule has 0 bridgehead atoms. The zero-order valence-electron chi connectivity index (χ0n) is 21.5. The standard InChI is InChI=1S/C27H35BN2O6/c1-18(20-9-7-6-8-10-20)29-23(31)15-16-24(32)30-22(25(33)34)17-19-11-13-21(14-12-19)28-35-26(2,3)27(4,5)36-28/h6-14,18,22H,15-17H2,1-5H3,(H,29,31)(H,30,32)(H,33,34)/t18-,22+/m1/s1. The van der Waals surface area contributed by atoms with Gasteiger partial charge in [-0.15, -0.1) is 0 Å². The molecular formula is C27H35BN2O6. The summed E-state index contributed by atoms with van der Waals surface area (Å²) in [6, 6.07) is 15.5. The maximum Gasteiger partial charge on any atom is 0.494 e. The second kappa shape index (κ2) is 11.3. The summed E-state index contributed by atoms with van der Waals surface area (Å²) in [5, 5.41) is 15.0. The predicted molar refractivity (Wildman–Crippen MR) is 138 cm³/mol. The van der Waals surface area contributed by atoms with Gasteiger partial charge in [-0.1, -0.05) is 54.6 Å². The predicted octanol–water partition coefficient (Wildman–Crippen LogP) is 2.76. The first kappa shape index (κ1) is 27.4. The number of carbonyl (C=O) groups excluding carboxylic acids is 2. The lowest BCUT2D eigenvalue weighted by molar-refractivity contribution is -0.141. The third-order valence-corrected chi connectivity index (χ3v) is 6.83. The second-order valence-corrected chi connectivity index (χ2v) is 10.2. The lowest BCUT2D eigenvalue weighted by atomic mass is 9.78. The van der Waals surface area contributed by atoms with Crippen LogP contribution in [0.1, 0.15) is 64.6 Å². The Morgan fingerprint density at radius 1 is 0.861 bits per heavy atom. The first-order chi connectivity index (χ1) is 16.9. The molecule has 8 nitrogen and oxygen atoms in total. The van der Waals surface area contributed by atoms with Gasteiger partial charge in [-0.25, -0.2) is 4.79 Å². The van der Waals surface area contributed by atoms with Crippen molar-refractivity contribution in [2.45, 2.75) is 77.2 Å². The fourth-order valence-electron chi connectivity index (χ4n) is 3.86. The van der Waals surface area contributed by atoms with Gasteiger partial charge in [-0.2, -0.15) is 0 Å². The van der Waals surface area contributed by atoms with Gasteiger partial charge in [-0.05, 0) is 51.2 Å². The summed E-state index contributed by atoms with van der Waals surface area (Å²) in [6.45, 7) is 9.79. The molecule has 1 aliphatic rings. The van der Waals surface area contributed by atoms with E-state index in [0.717, 1.165) is 16.6 Å². The van der Waals surface area contributed by atoms with Crippen molar-refractivity contribution in [2.75, 3.05) is 0 Å². The minimum absolute atomic E-state index is 0.0296. The maximum absolute atomic E-state index is 12.4. The lowest BCUT2D eigenvalue weighted by Gasteiger charge is -2.32. The van der Waals surface area contributed by atoms with Crippen LogP contribution in [0, 0.1) is 0 Å². The molecular weight excluding hydrogens is 459 g/mol. The number of nitrogens with one attached hydrogen (secondary N) is 2. The summed E-state index contributed by atoms with van der Waals surface area (Å²) in [4.78, 5) is 36.4. The molecule has 1 heterocycles. The highest BCUT2D eigenvalue weighted by molar-refractivity contribution is 6.62. The zero-order chi connectivity index (χ0) is 26.5. The Morgan fingerprint density at radius 3 is 1.92 bits per heavy atom. The van der Waals surface area contributed by atoms with Crippen molar-refractivity contribution in [2.24, 2.45) is 0 Å². The van der Waals surface area contributed by atoms with Crippen LogP contribution in [0.4, 0.5) is 0 Å². The van der Waals surface area contributed by atoms with Crippen LogP contribution in [0.5, 0.6) is 0 Å². The summed E-state index contributed by atoms with van der Waals surface area (Å²) in [5.41, 5.74) is 1.64. The molecule has 3 N–H and O–H groups in total. The van der Waals surface area contributed by atoms with Crippen LogP contribution in [0.25, 0.3) is 0 Å². The van der Waals surface area contributed by atoms with E-state index in [4.69, 9.17) is 9.31 Å².